The first-order valence-corrected chi connectivity index (χ1v) is 10.3. The number of allylic oxidation sites excluding steroid dienone is 3. The zero-order valence-electron chi connectivity index (χ0n) is 15.0. The topological polar surface area (TPSA) is 66.4 Å². The largest absolute Gasteiger partial charge is 0.506 e. The highest BCUT2D eigenvalue weighted by Crippen LogP contribution is 2.42. The molecule has 27 heavy (non-hydrogen) atoms. The second-order valence-electron chi connectivity index (χ2n) is 5.54. The normalized spacial score (nSPS) is 11.7. The Labute approximate surface area is 164 Å². The van der Waals surface area contributed by atoms with Crippen molar-refractivity contribution in [2.24, 2.45) is 0 Å². The Kier molecular flexibility index (Phi) is 6.71. The van der Waals surface area contributed by atoms with Gasteiger partial charge in [0.05, 0.1) is 15.5 Å². The molecule has 0 radical (unpaired) electrons. The van der Waals surface area contributed by atoms with Crippen LogP contribution in [0.4, 0.5) is 5.69 Å². The second kappa shape index (κ2) is 8.79. The molecule has 0 heterocycles. The average Bonchev–Trinajstić information content (AvgIpc) is 2.64. The van der Waals surface area contributed by atoms with E-state index >= 15 is 0 Å². The highest BCUT2D eigenvalue weighted by atomic mass is 32.2. The van der Waals surface area contributed by atoms with Crippen LogP contribution in [0.2, 0.25) is 0 Å². The van der Waals surface area contributed by atoms with E-state index in [-0.39, 0.29) is 10.7 Å². The van der Waals surface area contributed by atoms with Gasteiger partial charge in [-0.1, -0.05) is 67.9 Å². The summed E-state index contributed by atoms with van der Waals surface area (Å²) in [5.74, 6) is 0.0232. The average molecular weight is 400 g/mol. The van der Waals surface area contributed by atoms with Crippen molar-refractivity contribution >= 4 is 39.6 Å². The number of nitrogens with one attached hydrogen (secondary N) is 1. The number of hydrogen-bond donors (Lipinski definition) is 2. The summed E-state index contributed by atoms with van der Waals surface area (Å²) in [4.78, 5) is 1.54. The molecule has 2 N–H and O–H groups in total. The van der Waals surface area contributed by atoms with Crippen LogP contribution < -0.4 is 4.72 Å². The third-order valence-electron chi connectivity index (χ3n) is 3.74. The lowest BCUT2D eigenvalue weighted by Crippen LogP contribution is -2.14. The Hall–Kier alpha value is -2.70. The highest BCUT2D eigenvalue weighted by Gasteiger charge is 2.20. The summed E-state index contributed by atoms with van der Waals surface area (Å²) >= 11 is 1.32. The van der Waals surface area contributed by atoms with Gasteiger partial charge < -0.3 is 5.11 Å². The Morgan fingerprint density at radius 2 is 1.74 bits per heavy atom. The zero-order valence-corrected chi connectivity index (χ0v) is 16.6. The number of sulfonamides is 1. The number of aromatic hydroxyl groups is 1. The summed E-state index contributed by atoms with van der Waals surface area (Å²) in [6.07, 6.45) is 5.78. The first-order chi connectivity index (χ1) is 12.8. The fourth-order valence-corrected chi connectivity index (χ4v) is 4.19. The van der Waals surface area contributed by atoms with Crippen LogP contribution in [-0.4, -0.2) is 13.5 Å². The van der Waals surface area contributed by atoms with Crippen molar-refractivity contribution < 1.29 is 13.5 Å². The maximum Gasteiger partial charge on any atom is 0.257 e. The maximum atomic E-state index is 12.6. The number of benzene rings is 2. The molecule has 2 rings (SSSR count). The minimum atomic E-state index is -3.77. The molecule has 0 amide bonds. The number of anilines is 1. The summed E-state index contributed by atoms with van der Waals surface area (Å²) in [5, 5.41) is 10.6. The molecule has 0 fully saturated rings. The van der Waals surface area contributed by atoms with Crippen molar-refractivity contribution in [3.05, 3.63) is 84.3 Å². The van der Waals surface area contributed by atoms with Gasteiger partial charge in [0.15, 0.2) is 0 Å². The molecule has 0 saturated carbocycles. The second-order valence-corrected chi connectivity index (χ2v) is 8.51. The van der Waals surface area contributed by atoms with E-state index in [1.54, 1.807) is 6.07 Å². The smallest absolute Gasteiger partial charge is 0.257 e. The van der Waals surface area contributed by atoms with Gasteiger partial charge in [-0.25, -0.2) is 8.42 Å². The lowest BCUT2D eigenvalue weighted by molar-refractivity contribution is 0.461. The Balaban J connectivity index is 2.60. The van der Waals surface area contributed by atoms with Crippen LogP contribution in [0.3, 0.4) is 0 Å². The standard InChI is InChI=1S/C21H21NO3S2/c1-5-11-15(4)27(24,25)22-19-14-20(26-16-12-9-8-10-13-16)21(23)18(7-3)17(19)6-2/h5-14,22-23H,1-3H2,4H3/b15-11+. The molecule has 0 bridgehead atoms. The van der Waals surface area contributed by atoms with Gasteiger partial charge in [-0.2, -0.15) is 0 Å². The molecular weight excluding hydrogens is 378 g/mol. The van der Waals surface area contributed by atoms with Crippen molar-refractivity contribution in [2.45, 2.75) is 16.7 Å². The number of phenolic OH excluding ortho intramolecular Hbond substituents is 1. The quantitative estimate of drug-likeness (QED) is 0.444. The van der Waals surface area contributed by atoms with Crippen LogP contribution in [0.5, 0.6) is 5.75 Å². The lowest BCUT2D eigenvalue weighted by Gasteiger charge is -2.17. The molecule has 2 aromatic rings. The number of hydrogen-bond acceptors (Lipinski definition) is 4. The molecule has 2 aromatic carbocycles. The van der Waals surface area contributed by atoms with E-state index in [0.29, 0.717) is 21.7 Å². The van der Waals surface area contributed by atoms with E-state index in [4.69, 9.17) is 0 Å². The van der Waals surface area contributed by atoms with Crippen molar-refractivity contribution in [3.8, 4) is 5.75 Å². The third kappa shape index (κ3) is 4.72. The molecule has 0 unspecified atom stereocenters. The molecule has 0 aliphatic heterocycles. The van der Waals surface area contributed by atoms with Crippen molar-refractivity contribution in [1.82, 2.24) is 0 Å². The van der Waals surface area contributed by atoms with E-state index in [1.165, 1.54) is 43.0 Å². The summed E-state index contributed by atoms with van der Waals surface area (Å²) < 4.78 is 27.7. The van der Waals surface area contributed by atoms with Crippen LogP contribution in [0.1, 0.15) is 18.1 Å². The Morgan fingerprint density at radius 1 is 1.11 bits per heavy atom. The first kappa shape index (κ1) is 20.6. The summed E-state index contributed by atoms with van der Waals surface area (Å²) in [5.41, 5.74) is 1.18. The maximum absolute atomic E-state index is 12.6. The molecule has 140 valence electrons. The molecule has 0 saturated heterocycles. The van der Waals surface area contributed by atoms with Gasteiger partial charge in [0.1, 0.15) is 5.75 Å². The molecule has 0 atom stereocenters. The highest BCUT2D eigenvalue weighted by molar-refractivity contribution is 7.99. The zero-order chi connectivity index (χ0) is 20.0. The van der Waals surface area contributed by atoms with Crippen LogP contribution in [-0.2, 0) is 10.0 Å². The lowest BCUT2D eigenvalue weighted by atomic mass is 10.0. The fourth-order valence-electron chi connectivity index (χ4n) is 2.37. The van der Waals surface area contributed by atoms with Crippen molar-refractivity contribution in [1.29, 1.82) is 0 Å². The van der Waals surface area contributed by atoms with Crippen molar-refractivity contribution in [3.63, 3.8) is 0 Å². The van der Waals surface area contributed by atoms with E-state index in [1.807, 2.05) is 30.3 Å². The van der Waals surface area contributed by atoms with E-state index in [2.05, 4.69) is 24.5 Å². The molecule has 6 heteroatoms. The number of phenols is 1. The summed E-state index contributed by atoms with van der Waals surface area (Å²) in [6, 6.07) is 11.1. The van der Waals surface area contributed by atoms with Gasteiger partial charge in [0, 0.05) is 16.0 Å². The van der Waals surface area contributed by atoms with Crippen LogP contribution >= 0.6 is 11.8 Å². The van der Waals surface area contributed by atoms with E-state index in [0.717, 1.165) is 4.90 Å². The first-order valence-electron chi connectivity index (χ1n) is 8.04. The summed E-state index contributed by atoms with van der Waals surface area (Å²) in [7, 11) is -3.77. The monoisotopic (exact) mass is 399 g/mol. The predicted octanol–water partition coefficient (Wildman–Crippen LogP) is 5.66. The van der Waals surface area contributed by atoms with Gasteiger partial charge in [0.25, 0.3) is 10.0 Å². The Morgan fingerprint density at radius 3 is 2.30 bits per heavy atom. The van der Waals surface area contributed by atoms with Crippen LogP contribution in [0.25, 0.3) is 12.2 Å². The van der Waals surface area contributed by atoms with Crippen molar-refractivity contribution in [2.75, 3.05) is 4.72 Å². The van der Waals surface area contributed by atoms with E-state index in [9.17, 15) is 13.5 Å². The van der Waals surface area contributed by atoms with E-state index < -0.39 is 10.0 Å². The Bertz CT molecular complexity index is 1010. The van der Waals surface area contributed by atoms with Crippen LogP contribution in [0.15, 0.2) is 83.0 Å². The number of rotatable bonds is 8. The molecule has 0 aromatic heterocycles. The minimum Gasteiger partial charge on any atom is -0.506 e. The van der Waals surface area contributed by atoms with Gasteiger partial charge in [0.2, 0.25) is 0 Å². The fraction of sp³-hybridized carbons (Fsp3) is 0.0476. The van der Waals surface area contributed by atoms with Gasteiger partial charge >= 0.3 is 0 Å². The minimum absolute atomic E-state index is 0.0232. The summed E-state index contributed by atoms with van der Waals surface area (Å²) in [6.45, 7) is 12.5. The third-order valence-corrected chi connectivity index (χ3v) is 6.26. The van der Waals surface area contributed by atoms with Gasteiger partial charge in [-0.15, -0.1) is 0 Å². The van der Waals surface area contributed by atoms with Gasteiger partial charge in [-0.3, -0.25) is 4.72 Å². The predicted molar refractivity (Wildman–Crippen MR) is 115 cm³/mol. The molecule has 0 aliphatic rings. The molecule has 4 nitrogen and oxygen atoms in total. The van der Waals surface area contributed by atoms with Crippen LogP contribution in [0, 0.1) is 0 Å². The molecular formula is C21H21NO3S2. The molecule has 0 aliphatic carbocycles. The molecule has 0 spiro atoms. The van der Waals surface area contributed by atoms with Gasteiger partial charge in [-0.05, 0) is 31.2 Å². The SMILES string of the molecule is C=C/C=C(\C)S(=O)(=O)Nc1cc(Sc2ccccc2)c(O)c(C=C)c1C=C.